The Kier molecular flexibility index (Phi) is 2.64. The van der Waals surface area contributed by atoms with Gasteiger partial charge in [-0.05, 0) is 51.0 Å². The Morgan fingerprint density at radius 2 is 1.85 bits per heavy atom. The summed E-state index contributed by atoms with van der Waals surface area (Å²) in [4.78, 5) is 0. The third kappa shape index (κ3) is 1.52. The number of nitrogens with one attached hydrogen (secondary N) is 1. The van der Waals surface area contributed by atoms with Gasteiger partial charge in [0, 0.05) is 6.04 Å². The maximum absolute atomic E-state index is 3.44. The molecule has 1 spiro atoms. The van der Waals surface area contributed by atoms with Gasteiger partial charge in [-0.3, -0.25) is 0 Å². The molecule has 2 unspecified atom stereocenters. The van der Waals surface area contributed by atoms with Crippen molar-refractivity contribution in [2.75, 3.05) is 7.05 Å². The van der Waals surface area contributed by atoms with Crippen molar-refractivity contribution in [3.05, 3.63) is 0 Å². The molecule has 0 radical (unpaired) electrons. The molecule has 2 rings (SSSR count). The molecule has 0 aromatic carbocycles. The van der Waals surface area contributed by atoms with E-state index in [2.05, 4.69) is 19.3 Å². The molecule has 0 bridgehead atoms. The standard InChI is InChI=1S/C12H23N/c1-10(13-2)11-6-9-12(11)7-4-3-5-8-12/h10-11,13H,3-9H2,1-2H3. The average molecular weight is 181 g/mol. The SMILES string of the molecule is CNC(C)C1CCC12CCCCC2. The summed E-state index contributed by atoms with van der Waals surface area (Å²) in [6.45, 7) is 2.36. The summed E-state index contributed by atoms with van der Waals surface area (Å²) in [6.07, 6.45) is 10.5. The fourth-order valence-electron chi connectivity index (χ4n) is 3.58. The van der Waals surface area contributed by atoms with Crippen LogP contribution in [0.5, 0.6) is 0 Å². The highest BCUT2D eigenvalue weighted by Gasteiger charge is 2.48. The molecule has 13 heavy (non-hydrogen) atoms. The molecule has 2 fully saturated rings. The highest BCUT2D eigenvalue weighted by atomic mass is 14.9. The molecular formula is C12H23N. The van der Waals surface area contributed by atoms with E-state index in [0.29, 0.717) is 0 Å². The van der Waals surface area contributed by atoms with E-state index in [-0.39, 0.29) is 0 Å². The van der Waals surface area contributed by atoms with Crippen molar-refractivity contribution in [1.82, 2.24) is 5.32 Å². The van der Waals surface area contributed by atoms with E-state index >= 15 is 0 Å². The summed E-state index contributed by atoms with van der Waals surface area (Å²) in [6, 6.07) is 0.742. The van der Waals surface area contributed by atoms with Gasteiger partial charge in [0.15, 0.2) is 0 Å². The summed E-state index contributed by atoms with van der Waals surface area (Å²) in [5.74, 6) is 0.984. The topological polar surface area (TPSA) is 12.0 Å². The molecule has 2 saturated carbocycles. The van der Waals surface area contributed by atoms with Crippen LogP contribution in [-0.2, 0) is 0 Å². The van der Waals surface area contributed by atoms with E-state index in [0.717, 1.165) is 17.4 Å². The molecule has 0 aromatic heterocycles. The fraction of sp³-hybridized carbons (Fsp3) is 1.00. The van der Waals surface area contributed by atoms with E-state index in [1.807, 2.05) is 0 Å². The lowest BCUT2D eigenvalue weighted by atomic mass is 9.52. The van der Waals surface area contributed by atoms with Gasteiger partial charge in [-0.2, -0.15) is 0 Å². The Hall–Kier alpha value is -0.0400. The molecule has 1 nitrogen and oxygen atoms in total. The Balaban J connectivity index is 1.98. The van der Waals surface area contributed by atoms with Crippen LogP contribution in [0.4, 0.5) is 0 Å². The monoisotopic (exact) mass is 181 g/mol. The zero-order valence-electron chi connectivity index (χ0n) is 9.10. The lowest BCUT2D eigenvalue weighted by Crippen LogP contribution is -2.50. The highest BCUT2D eigenvalue weighted by Crippen LogP contribution is 2.56. The number of rotatable bonds is 2. The van der Waals surface area contributed by atoms with Crippen LogP contribution in [0.2, 0.25) is 0 Å². The Morgan fingerprint density at radius 1 is 1.15 bits per heavy atom. The Labute approximate surface area is 82.3 Å². The number of hydrogen-bond donors (Lipinski definition) is 1. The first-order chi connectivity index (χ1) is 6.28. The van der Waals surface area contributed by atoms with E-state index < -0.39 is 0 Å². The van der Waals surface area contributed by atoms with Gasteiger partial charge in [-0.15, -0.1) is 0 Å². The summed E-state index contributed by atoms with van der Waals surface area (Å²) < 4.78 is 0. The molecule has 2 aliphatic carbocycles. The molecule has 0 aliphatic heterocycles. The fourth-order valence-corrected chi connectivity index (χ4v) is 3.58. The van der Waals surface area contributed by atoms with Crippen LogP contribution >= 0.6 is 0 Å². The van der Waals surface area contributed by atoms with Crippen molar-refractivity contribution >= 4 is 0 Å². The van der Waals surface area contributed by atoms with Crippen molar-refractivity contribution in [2.45, 2.75) is 57.9 Å². The summed E-state index contributed by atoms with van der Waals surface area (Å²) in [5, 5.41) is 3.44. The minimum Gasteiger partial charge on any atom is -0.317 e. The van der Waals surface area contributed by atoms with Crippen LogP contribution in [0.15, 0.2) is 0 Å². The zero-order valence-corrected chi connectivity index (χ0v) is 9.10. The van der Waals surface area contributed by atoms with E-state index in [1.54, 1.807) is 0 Å². The summed E-state index contributed by atoms with van der Waals surface area (Å²) >= 11 is 0. The van der Waals surface area contributed by atoms with Crippen LogP contribution in [0.3, 0.4) is 0 Å². The average Bonchev–Trinajstić information content (AvgIpc) is 2.17. The third-order valence-corrected chi connectivity index (χ3v) is 4.65. The Bertz CT molecular complexity index is 170. The van der Waals surface area contributed by atoms with Crippen LogP contribution in [0.1, 0.15) is 51.9 Å². The lowest BCUT2D eigenvalue weighted by Gasteiger charge is -2.54. The molecule has 0 aromatic rings. The second-order valence-corrected chi connectivity index (χ2v) is 5.15. The zero-order chi connectivity index (χ0) is 9.31. The third-order valence-electron chi connectivity index (χ3n) is 4.65. The predicted molar refractivity (Wildman–Crippen MR) is 56.8 cm³/mol. The van der Waals surface area contributed by atoms with Crippen molar-refractivity contribution < 1.29 is 0 Å². The van der Waals surface area contributed by atoms with Crippen LogP contribution in [0.25, 0.3) is 0 Å². The van der Waals surface area contributed by atoms with Gasteiger partial charge in [0.1, 0.15) is 0 Å². The molecular weight excluding hydrogens is 158 g/mol. The van der Waals surface area contributed by atoms with Gasteiger partial charge in [0.2, 0.25) is 0 Å². The first-order valence-electron chi connectivity index (χ1n) is 5.96. The van der Waals surface area contributed by atoms with Gasteiger partial charge in [-0.25, -0.2) is 0 Å². The highest BCUT2D eigenvalue weighted by molar-refractivity contribution is 5.00. The first kappa shape index (κ1) is 9.51. The predicted octanol–water partition coefficient (Wildman–Crippen LogP) is 2.95. The van der Waals surface area contributed by atoms with Gasteiger partial charge in [0.05, 0.1) is 0 Å². The maximum atomic E-state index is 3.44. The second kappa shape index (κ2) is 3.61. The number of hydrogen-bond acceptors (Lipinski definition) is 1. The normalized spacial score (nSPS) is 34.2. The molecule has 76 valence electrons. The van der Waals surface area contributed by atoms with Crippen LogP contribution in [0, 0.1) is 11.3 Å². The molecule has 1 N–H and O–H groups in total. The molecule has 1 heteroatoms. The quantitative estimate of drug-likeness (QED) is 0.690. The van der Waals surface area contributed by atoms with Crippen molar-refractivity contribution in [3.63, 3.8) is 0 Å². The van der Waals surface area contributed by atoms with Crippen LogP contribution in [-0.4, -0.2) is 13.1 Å². The van der Waals surface area contributed by atoms with Gasteiger partial charge >= 0.3 is 0 Å². The minimum absolute atomic E-state index is 0.742. The molecule has 2 aliphatic rings. The molecule has 0 heterocycles. The largest absolute Gasteiger partial charge is 0.317 e. The molecule has 0 amide bonds. The van der Waals surface area contributed by atoms with E-state index in [4.69, 9.17) is 0 Å². The first-order valence-corrected chi connectivity index (χ1v) is 5.96. The Morgan fingerprint density at radius 3 is 2.31 bits per heavy atom. The maximum Gasteiger partial charge on any atom is 0.00693 e. The van der Waals surface area contributed by atoms with E-state index in [9.17, 15) is 0 Å². The van der Waals surface area contributed by atoms with E-state index in [1.165, 1.54) is 44.9 Å². The smallest absolute Gasteiger partial charge is 0.00693 e. The summed E-state index contributed by atoms with van der Waals surface area (Å²) in [7, 11) is 2.11. The molecule has 0 saturated heterocycles. The lowest BCUT2D eigenvalue weighted by molar-refractivity contribution is -0.0270. The van der Waals surface area contributed by atoms with Gasteiger partial charge < -0.3 is 5.32 Å². The van der Waals surface area contributed by atoms with Crippen molar-refractivity contribution in [3.8, 4) is 0 Å². The minimum atomic E-state index is 0.742. The second-order valence-electron chi connectivity index (χ2n) is 5.15. The van der Waals surface area contributed by atoms with Gasteiger partial charge in [0.25, 0.3) is 0 Å². The van der Waals surface area contributed by atoms with Crippen molar-refractivity contribution in [2.24, 2.45) is 11.3 Å². The summed E-state index contributed by atoms with van der Waals surface area (Å²) in [5.41, 5.74) is 0.778. The van der Waals surface area contributed by atoms with Gasteiger partial charge in [-0.1, -0.05) is 19.3 Å². The van der Waals surface area contributed by atoms with Crippen molar-refractivity contribution in [1.29, 1.82) is 0 Å². The van der Waals surface area contributed by atoms with Crippen LogP contribution < -0.4 is 5.32 Å². The molecule has 2 atom stereocenters.